The van der Waals surface area contributed by atoms with E-state index in [-0.39, 0.29) is 22.7 Å². The number of rotatable bonds is 3. The highest BCUT2D eigenvalue weighted by Crippen LogP contribution is 2.36. The quantitative estimate of drug-likeness (QED) is 0.808. The van der Waals surface area contributed by atoms with Gasteiger partial charge >= 0.3 is 5.51 Å². The zero-order chi connectivity index (χ0) is 11.5. The summed E-state index contributed by atoms with van der Waals surface area (Å²) in [4.78, 5) is 0.189. The molecule has 0 amide bonds. The summed E-state index contributed by atoms with van der Waals surface area (Å²) in [6.07, 6.45) is 0.770. The molecule has 1 rings (SSSR count). The van der Waals surface area contributed by atoms with Gasteiger partial charge in [0.1, 0.15) is 0 Å². The molecule has 0 bridgehead atoms. The van der Waals surface area contributed by atoms with Crippen molar-refractivity contribution in [3.63, 3.8) is 0 Å². The standard InChI is InChI=1S/C10H12F3NS/c1-2-9(14)7-3-5-8(6-4-7)15-10(11,12)13/h3-6,9H,2,14H2,1H3. The molecule has 0 radical (unpaired) electrons. The van der Waals surface area contributed by atoms with Crippen LogP contribution in [0, 0.1) is 0 Å². The zero-order valence-corrected chi connectivity index (χ0v) is 9.03. The topological polar surface area (TPSA) is 26.0 Å². The molecule has 0 aliphatic heterocycles. The number of alkyl halides is 3. The summed E-state index contributed by atoms with van der Waals surface area (Å²) < 4.78 is 36.0. The third-order valence-corrected chi connectivity index (χ3v) is 2.72. The molecule has 0 aromatic heterocycles. The maximum Gasteiger partial charge on any atom is 0.446 e. The number of nitrogens with two attached hydrogens (primary N) is 1. The molecule has 0 saturated carbocycles. The number of thioether (sulfide) groups is 1. The maximum atomic E-state index is 12.0. The third-order valence-electron chi connectivity index (χ3n) is 1.98. The van der Waals surface area contributed by atoms with E-state index in [4.69, 9.17) is 5.73 Å². The predicted molar refractivity (Wildman–Crippen MR) is 55.6 cm³/mol. The molecule has 1 nitrogen and oxygen atoms in total. The van der Waals surface area contributed by atoms with E-state index in [1.54, 1.807) is 12.1 Å². The van der Waals surface area contributed by atoms with Crippen LogP contribution >= 0.6 is 11.8 Å². The molecule has 1 atom stereocenters. The van der Waals surface area contributed by atoms with Gasteiger partial charge in [-0.1, -0.05) is 19.1 Å². The minimum absolute atomic E-state index is 0.102. The fraction of sp³-hybridized carbons (Fsp3) is 0.400. The lowest BCUT2D eigenvalue weighted by molar-refractivity contribution is -0.0328. The van der Waals surface area contributed by atoms with Gasteiger partial charge in [0.2, 0.25) is 0 Å². The van der Waals surface area contributed by atoms with Crippen LogP contribution < -0.4 is 5.73 Å². The first kappa shape index (κ1) is 12.4. The summed E-state index contributed by atoms with van der Waals surface area (Å²) in [5.41, 5.74) is 2.38. The Kier molecular flexibility index (Phi) is 4.04. The van der Waals surface area contributed by atoms with Gasteiger partial charge in [0.05, 0.1) is 0 Å². The Balaban J connectivity index is 2.72. The van der Waals surface area contributed by atoms with Crippen LogP contribution in [0.3, 0.4) is 0 Å². The number of halogens is 3. The van der Waals surface area contributed by atoms with Crippen LogP contribution in [-0.4, -0.2) is 5.51 Å². The molecule has 84 valence electrons. The van der Waals surface area contributed by atoms with Gasteiger partial charge in [-0.05, 0) is 35.9 Å². The molecule has 0 spiro atoms. The maximum absolute atomic E-state index is 12.0. The lowest BCUT2D eigenvalue weighted by Gasteiger charge is -2.10. The van der Waals surface area contributed by atoms with E-state index in [0.717, 1.165) is 12.0 Å². The van der Waals surface area contributed by atoms with Gasteiger partial charge in [-0.3, -0.25) is 0 Å². The van der Waals surface area contributed by atoms with E-state index in [1.807, 2.05) is 6.92 Å². The number of hydrogen-bond donors (Lipinski definition) is 1. The average Bonchev–Trinajstić information content (AvgIpc) is 2.15. The van der Waals surface area contributed by atoms with Gasteiger partial charge in [-0.2, -0.15) is 13.2 Å². The molecule has 1 aromatic carbocycles. The largest absolute Gasteiger partial charge is 0.446 e. The minimum atomic E-state index is -4.23. The molecule has 15 heavy (non-hydrogen) atoms. The Morgan fingerprint density at radius 1 is 1.27 bits per heavy atom. The van der Waals surface area contributed by atoms with Gasteiger partial charge in [0.15, 0.2) is 0 Å². The fourth-order valence-electron chi connectivity index (χ4n) is 1.15. The SMILES string of the molecule is CCC(N)c1ccc(SC(F)(F)F)cc1. The van der Waals surface area contributed by atoms with E-state index >= 15 is 0 Å². The molecule has 2 N–H and O–H groups in total. The van der Waals surface area contributed by atoms with Crippen LogP contribution in [0.15, 0.2) is 29.2 Å². The average molecular weight is 235 g/mol. The minimum Gasteiger partial charge on any atom is -0.324 e. The highest BCUT2D eigenvalue weighted by molar-refractivity contribution is 8.00. The summed E-state index contributed by atoms with van der Waals surface area (Å²) in [5, 5.41) is 0. The lowest BCUT2D eigenvalue weighted by atomic mass is 10.1. The van der Waals surface area contributed by atoms with Gasteiger partial charge in [-0.25, -0.2) is 0 Å². The smallest absolute Gasteiger partial charge is 0.324 e. The van der Waals surface area contributed by atoms with Crippen molar-refractivity contribution in [3.8, 4) is 0 Å². The molecular weight excluding hydrogens is 223 g/mol. The first-order chi connectivity index (χ1) is 6.92. The molecular formula is C10H12F3NS. The Hall–Kier alpha value is -0.680. The molecule has 1 unspecified atom stereocenters. The van der Waals surface area contributed by atoms with Gasteiger partial charge < -0.3 is 5.73 Å². The lowest BCUT2D eigenvalue weighted by Crippen LogP contribution is -2.08. The van der Waals surface area contributed by atoms with Crippen molar-refractivity contribution in [1.82, 2.24) is 0 Å². The second kappa shape index (κ2) is 4.90. The highest BCUT2D eigenvalue weighted by atomic mass is 32.2. The van der Waals surface area contributed by atoms with Crippen molar-refractivity contribution >= 4 is 11.8 Å². The number of benzene rings is 1. The van der Waals surface area contributed by atoms with E-state index in [9.17, 15) is 13.2 Å². The molecule has 0 aliphatic rings. The second-order valence-corrected chi connectivity index (χ2v) is 4.27. The van der Waals surface area contributed by atoms with Crippen LogP contribution in [0.5, 0.6) is 0 Å². The van der Waals surface area contributed by atoms with Gasteiger partial charge in [0, 0.05) is 10.9 Å². The molecule has 0 heterocycles. The van der Waals surface area contributed by atoms with Crippen LogP contribution in [-0.2, 0) is 0 Å². The van der Waals surface area contributed by atoms with E-state index < -0.39 is 5.51 Å². The number of hydrogen-bond acceptors (Lipinski definition) is 2. The van der Waals surface area contributed by atoms with Crippen molar-refractivity contribution in [3.05, 3.63) is 29.8 Å². The summed E-state index contributed by atoms with van der Waals surface area (Å²) in [7, 11) is 0. The predicted octanol–water partition coefficient (Wildman–Crippen LogP) is 3.71. The van der Waals surface area contributed by atoms with Crippen LogP contribution in [0.1, 0.15) is 24.9 Å². The van der Waals surface area contributed by atoms with Crippen molar-refractivity contribution in [2.45, 2.75) is 29.8 Å². The first-order valence-electron chi connectivity index (χ1n) is 4.53. The fourth-order valence-corrected chi connectivity index (χ4v) is 1.69. The molecule has 0 fully saturated rings. The van der Waals surface area contributed by atoms with Gasteiger partial charge in [-0.15, -0.1) is 0 Å². The monoisotopic (exact) mass is 235 g/mol. The van der Waals surface area contributed by atoms with E-state index in [2.05, 4.69) is 0 Å². The van der Waals surface area contributed by atoms with Crippen molar-refractivity contribution in [2.24, 2.45) is 5.73 Å². The van der Waals surface area contributed by atoms with Crippen molar-refractivity contribution in [2.75, 3.05) is 0 Å². The summed E-state index contributed by atoms with van der Waals surface area (Å²) >= 11 is -0.112. The Morgan fingerprint density at radius 2 is 1.80 bits per heavy atom. The van der Waals surface area contributed by atoms with Crippen LogP contribution in [0.2, 0.25) is 0 Å². The molecule has 0 aliphatic carbocycles. The van der Waals surface area contributed by atoms with Crippen LogP contribution in [0.4, 0.5) is 13.2 Å². The van der Waals surface area contributed by atoms with Gasteiger partial charge in [0.25, 0.3) is 0 Å². The summed E-state index contributed by atoms with van der Waals surface area (Å²) in [5.74, 6) is 0. The summed E-state index contributed by atoms with van der Waals surface area (Å²) in [6, 6.07) is 6.08. The zero-order valence-electron chi connectivity index (χ0n) is 8.21. The molecule has 1 aromatic rings. The van der Waals surface area contributed by atoms with Crippen molar-refractivity contribution < 1.29 is 13.2 Å². The summed E-state index contributed by atoms with van der Waals surface area (Å²) in [6.45, 7) is 1.93. The Bertz CT molecular complexity index is 307. The molecule has 0 saturated heterocycles. The molecule has 5 heteroatoms. The Labute approximate surface area is 90.9 Å². The van der Waals surface area contributed by atoms with Crippen LogP contribution in [0.25, 0.3) is 0 Å². The van der Waals surface area contributed by atoms with Crippen molar-refractivity contribution in [1.29, 1.82) is 0 Å². The highest BCUT2D eigenvalue weighted by Gasteiger charge is 2.29. The Morgan fingerprint density at radius 3 is 2.20 bits per heavy atom. The third kappa shape index (κ3) is 4.13. The first-order valence-corrected chi connectivity index (χ1v) is 5.35. The normalized spacial score (nSPS) is 13.9. The van der Waals surface area contributed by atoms with E-state index in [0.29, 0.717) is 0 Å². The van der Waals surface area contributed by atoms with E-state index in [1.165, 1.54) is 12.1 Å². The second-order valence-electron chi connectivity index (χ2n) is 3.13.